The number of ether oxygens (including phenoxy) is 1. The Morgan fingerprint density at radius 1 is 0.710 bits per heavy atom. The molecule has 0 bridgehead atoms. The van der Waals surface area contributed by atoms with Crippen molar-refractivity contribution in [1.82, 2.24) is 4.90 Å². The van der Waals surface area contributed by atoms with Crippen LogP contribution in [-0.2, 0) is 19.4 Å². The Kier molecular flexibility index (Phi) is 9.45. The topological polar surface area (TPSA) is 12.5 Å². The summed E-state index contributed by atoms with van der Waals surface area (Å²) in [6.07, 6.45) is 6.29. The molecule has 1 saturated heterocycles. The van der Waals surface area contributed by atoms with Gasteiger partial charge in [-0.2, -0.15) is 0 Å². The van der Waals surface area contributed by atoms with Crippen LogP contribution in [0, 0.1) is 5.92 Å². The average molecular weight is 436 g/mol. The van der Waals surface area contributed by atoms with E-state index in [1.807, 2.05) is 18.2 Å². The van der Waals surface area contributed by atoms with Gasteiger partial charge in [0.15, 0.2) is 0 Å². The molecule has 3 aromatic rings. The second-order valence-electron chi connectivity index (χ2n) is 8.50. The van der Waals surface area contributed by atoms with Gasteiger partial charge in [0.05, 0.1) is 0 Å². The van der Waals surface area contributed by atoms with Crippen LogP contribution in [0.5, 0.6) is 5.75 Å². The first-order valence-electron chi connectivity index (χ1n) is 11.4. The van der Waals surface area contributed by atoms with Crippen LogP contribution in [0.15, 0.2) is 84.9 Å². The van der Waals surface area contributed by atoms with Gasteiger partial charge in [-0.1, -0.05) is 72.8 Å². The number of piperidine rings is 1. The summed E-state index contributed by atoms with van der Waals surface area (Å²) in [5.41, 5.74) is 4.10. The molecule has 4 rings (SSSR count). The highest BCUT2D eigenvalue weighted by Gasteiger charge is 2.19. The normalized spacial score (nSPS) is 14.7. The van der Waals surface area contributed by atoms with Crippen molar-refractivity contribution in [2.45, 2.75) is 38.7 Å². The molecule has 0 radical (unpaired) electrons. The van der Waals surface area contributed by atoms with E-state index in [0.29, 0.717) is 6.61 Å². The summed E-state index contributed by atoms with van der Waals surface area (Å²) in [6, 6.07) is 29.9. The van der Waals surface area contributed by atoms with Gasteiger partial charge >= 0.3 is 0 Å². The molecular weight excluding hydrogens is 402 g/mol. The zero-order valence-corrected chi connectivity index (χ0v) is 19.1. The maximum atomic E-state index is 5.89. The van der Waals surface area contributed by atoms with Crippen molar-refractivity contribution in [2.75, 3.05) is 19.6 Å². The number of benzene rings is 3. The summed E-state index contributed by atoms with van der Waals surface area (Å²) in [4.78, 5) is 2.65. The molecule has 1 heterocycles. The Hall–Kier alpha value is -2.29. The lowest BCUT2D eigenvalue weighted by Gasteiger charge is -2.32. The molecule has 164 valence electrons. The van der Waals surface area contributed by atoms with E-state index >= 15 is 0 Å². The minimum absolute atomic E-state index is 0. The van der Waals surface area contributed by atoms with Crippen LogP contribution in [0.3, 0.4) is 0 Å². The summed E-state index contributed by atoms with van der Waals surface area (Å²) in [5.74, 6) is 1.80. The second-order valence-corrected chi connectivity index (χ2v) is 8.50. The Labute approximate surface area is 193 Å². The minimum Gasteiger partial charge on any atom is -0.489 e. The Balaban J connectivity index is 0.00000272. The van der Waals surface area contributed by atoms with Crippen molar-refractivity contribution in [1.29, 1.82) is 0 Å². The smallest absolute Gasteiger partial charge is 0.119 e. The molecule has 0 saturated carbocycles. The van der Waals surface area contributed by atoms with E-state index in [9.17, 15) is 0 Å². The zero-order valence-electron chi connectivity index (χ0n) is 18.3. The number of nitrogens with zero attached hydrogens (tertiary/aromatic N) is 1. The lowest BCUT2D eigenvalue weighted by Crippen LogP contribution is -2.35. The maximum absolute atomic E-state index is 5.89. The predicted octanol–water partition coefficient (Wildman–Crippen LogP) is 6.57. The molecular formula is C28H34ClNO. The van der Waals surface area contributed by atoms with Gasteiger partial charge in [-0.15, -0.1) is 12.4 Å². The van der Waals surface area contributed by atoms with Crippen molar-refractivity contribution >= 4 is 12.4 Å². The summed E-state index contributed by atoms with van der Waals surface area (Å²) in [6.45, 7) is 4.35. The molecule has 0 spiro atoms. The van der Waals surface area contributed by atoms with Gasteiger partial charge in [0.25, 0.3) is 0 Å². The third-order valence-electron chi connectivity index (χ3n) is 6.19. The first-order chi connectivity index (χ1) is 14.8. The molecule has 1 aliphatic heterocycles. The van der Waals surface area contributed by atoms with Crippen LogP contribution in [0.2, 0.25) is 0 Å². The van der Waals surface area contributed by atoms with Gasteiger partial charge < -0.3 is 9.64 Å². The summed E-state index contributed by atoms with van der Waals surface area (Å²) in [5, 5.41) is 0. The molecule has 0 unspecified atom stereocenters. The van der Waals surface area contributed by atoms with E-state index < -0.39 is 0 Å². The molecule has 0 aromatic heterocycles. The van der Waals surface area contributed by atoms with Gasteiger partial charge in [-0.25, -0.2) is 0 Å². The standard InChI is InChI=1S/C28H33NO.ClH/c1-3-8-25(9-4-1)22-26-17-20-29(21-18-26)19-7-12-24-13-15-28(16-14-24)30-23-27-10-5-2-6-11-27;/h1-6,8-11,13-16,26H,7,12,17-23H2;1H. The van der Waals surface area contributed by atoms with E-state index in [4.69, 9.17) is 4.74 Å². The van der Waals surface area contributed by atoms with Crippen molar-refractivity contribution < 1.29 is 4.74 Å². The fourth-order valence-electron chi connectivity index (χ4n) is 4.36. The molecule has 1 fully saturated rings. The van der Waals surface area contributed by atoms with Crippen LogP contribution in [0.1, 0.15) is 36.0 Å². The van der Waals surface area contributed by atoms with E-state index in [0.717, 1.165) is 18.1 Å². The number of halogens is 1. The lowest BCUT2D eigenvalue weighted by molar-refractivity contribution is 0.182. The first kappa shape index (κ1) is 23.4. The van der Waals surface area contributed by atoms with Crippen molar-refractivity contribution in [3.05, 3.63) is 102 Å². The monoisotopic (exact) mass is 435 g/mol. The lowest BCUT2D eigenvalue weighted by atomic mass is 9.90. The highest BCUT2D eigenvalue weighted by atomic mass is 35.5. The van der Waals surface area contributed by atoms with Crippen molar-refractivity contribution in [3.8, 4) is 5.75 Å². The largest absolute Gasteiger partial charge is 0.489 e. The molecule has 0 amide bonds. The van der Waals surface area contributed by atoms with Crippen LogP contribution in [0.4, 0.5) is 0 Å². The van der Waals surface area contributed by atoms with Crippen molar-refractivity contribution in [3.63, 3.8) is 0 Å². The number of rotatable bonds is 9. The minimum atomic E-state index is 0. The van der Waals surface area contributed by atoms with Gasteiger partial charge in [0, 0.05) is 0 Å². The number of aryl methyl sites for hydroxylation is 1. The van der Waals surface area contributed by atoms with Gasteiger partial charge in [0.1, 0.15) is 12.4 Å². The molecule has 3 aromatic carbocycles. The molecule has 3 heteroatoms. The fourth-order valence-corrected chi connectivity index (χ4v) is 4.36. The van der Waals surface area contributed by atoms with Crippen molar-refractivity contribution in [2.24, 2.45) is 5.92 Å². The Morgan fingerprint density at radius 2 is 1.32 bits per heavy atom. The third-order valence-corrected chi connectivity index (χ3v) is 6.19. The van der Waals surface area contributed by atoms with Crippen LogP contribution >= 0.6 is 12.4 Å². The number of hydrogen-bond acceptors (Lipinski definition) is 2. The number of likely N-dealkylation sites (tertiary alicyclic amines) is 1. The number of hydrogen-bond donors (Lipinski definition) is 0. The fraction of sp³-hybridized carbons (Fsp3) is 0.357. The van der Waals surface area contributed by atoms with Crippen LogP contribution in [-0.4, -0.2) is 24.5 Å². The van der Waals surface area contributed by atoms with Gasteiger partial charge in [-0.3, -0.25) is 0 Å². The molecule has 0 aliphatic carbocycles. The first-order valence-corrected chi connectivity index (χ1v) is 11.4. The SMILES string of the molecule is Cl.c1ccc(COc2ccc(CCCN3CCC(Cc4ccccc4)CC3)cc2)cc1. The summed E-state index contributed by atoms with van der Waals surface area (Å²) in [7, 11) is 0. The Bertz CT molecular complexity index is 859. The molecule has 1 aliphatic rings. The van der Waals surface area contributed by atoms with E-state index in [1.54, 1.807) is 0 Å². The van der Waals surface area contributed by atoms with E-state index in [-0.39, 0.29) is 12.4 Å². The zero-order chi connectivity index (χ0) is 20.4. The summed E-state index contributed by atoms with van der Waals surface area (Å²) < 4.78 is 5.89. The van der Waals surface area contributed by atoms with Crippen LogP contribution in [0.25, 0.3) is 0 Å². The average Bonchev–Trinajstić information content (AvgIpc) is 2.81. The highest BCUT2D eigenvalue weighted by Crippen LogP contribution is 2.22. The maximum Gasteiger partial charge on any atom is 0.119 e. The third kappa shape index (κ3) is 7.72. The molecule has 0 atom stereocenters. The Morgan fingerprint density at radius 3 is 1.97 bits per heavy atom. The van der Waals surface area contributed by atoms with Gasteiger partial charge in [0.2, 0.25) is 0 Å². The van der Waals surface area contributed by atoms with Crippen LogP contribution < -0.4 is 4.74 Å². The molecule has 0 N–H and O–H groups in total. The second kappa shape index (κ2) is 12.5. The highest BCUT2D eigenvalue weighted by molar-refractivity contribution is 5.85. The molecule has 2 nitrogen and oxygen atoms in total. The predicted molar refractivity (Wildman–Crippen MR) is 132 cm³/mol. The molecule has 31 heavy (non-hydrogen) atoms. The quantitative estimate of drug-likeness (QED) is 0.376. The summed E-state index contributed by atoms with van der Waals surface area (Å²) >= 11 is 0. The van der Waals surface area contributed by atoms with Gasteiger partial charge in [-0.05, 0) is 86.5 Å². The van der Waals surface area contributed by atoms with E-state index in [2.05, 4.69) is 71.6 Å². The van der Waals surface area contributed by atoms with E-state index in [1.165, 1.54) is 62.0 Å².